The van der Waals surface area contributed by atoms with Gasteiger partial charge in [-0.05, 0) is 31.8 Å². The van der Waals surface area contributed by atoms with E-state index in [0.717, 1.165) is 5.56 Å². The fourth-order valence-electron chi connectivity index (χ4n) is 2.33. The summed E-state index contributed by atoms with van der Waals surface area (Å²) in [6, 6.07) is 15.8. The molecule has 0 amide bonds. The molecule has 0 aromatic heterocycles. The van der Waals surface area contributed by atoms with Crippen molar-refractivity contribution in [2.75, 3.05) is 27.2 Å². The van der Waals surface area contributed by atoms with E-state index in [9.17, 15) is 9.18 Å². The van der Waals surface area contributed by atoms with Crippen LogP contribution in [0.3, 0.4) is 0 Å². The first-order valence-corrected chi connectivity index (χ1v) is 7.29. The number of likely N-dealkylation sites (N-methyl/N-ethyl adjacent to an activating group) is 1. The lowest BCUT2D eigenvalue weighted by Crippen LogP contribution is -2.33. The van der Waals surface area contributed by atoms with Crippen LogP contribution in [-0.2, 0) is 0 Å². The lowest BCUT2D eigenvalue weighted by atomic mass is 10.1. The monoisotopic (exact) mass is 300 g/mol. The van der Waals surface area contributed by atoms with E-state index in [1.165, 1.54) is 12.1 Å². The van der Waals surface area contributed by atoms with Crippen LogP contribution in [-0.4, -0.2) is 37.9 Å². The molecule has 1 atom stereocenters. The minimum absolute atomic E-state index is 0.0669. The Kier molecular flexibility index (Phi) is 5.81. The number of hydrogen-bond acceptors (Lipinski definition) is 3. The summed E-state index contributed by atoms with van der Waals surface area (Å²) < 4.78 is 13.0. The number of carbonyl (C=O) groups is 1. The Morgan fingerprint density at radius 2 is 1.73 bits per heavy atom. The predicted molar refractivity (Wildman–Crippen MR) is 86.5 cm³/mol. The number of Topliss-reactive ketones (excluding diaryl/α,β-unsaturated/α-hetero) is 1. The van der Waals surface area contributed by atoms with Crippen LogP contribution < -0.4 is 5.32 Å². The zero-order valence-corrected chi connectivity index (χ0v) is 12.9. The van der Waals surface area contributed by atoms with Gasteiger partial charge in [0.15, 0.2) is 5.78 Å². The predicted octanol–water partition coefficient (Wildman–Crippen LogP) is 2.90. The van der Waals surface area contributed by atoms with Crippen molar-refractivity contribution in [3.05, 3.63) is 71.5 Å². The van der Waals surface area contributed by atoms with Gasteiger partial charge in [0.25, 0.3) is 0 Å². The fourth-order valence-corrected chi connectivity index (χ4v) is 2.33. The van der Waals surface area contributed by atoms with Gasteiger partial charge < -0.3 is 10.2 Å². The minimum Gasteiger partial charge on any atom is -0.308 e. The summed E-state index contributed by atoms with van der Waals surface area (Å²) in [6.07, 6.45) is 0. The lowest BCUT2D eigenvalue weighted by Gasteiger charge is -2.25. The van der Waals surface area contributed by atoms with Gasteiger partial charge in [-0.3, -0.25) is 4.79 Å². The fraction of sp³-hybridized carbons (Fsp3) is 0.278. The number of halogens is 1. The van der Waals surface area contributed by atoms with E-state index in [0.29, 0.717) is 12.1 Å². The zero-order chi connectivity index (χ0) is 15.9. The van der Waals surface area contributed by atoms with Crippen molar-refractivity contribution >= 4 is 5.78 Å². The van der Waals surface area contributed by atoms with Crippen LogP contribution in [0.25, 0.3) is 0 Å². The molecule has 0 bridgehead atoms. The Labute approximate surface area is 130 Å². The molecule has 0 heterocycles. The van der Waals surface area contributed by atoms with E-state index >= 15 is 0 Å². The average molecular weight is 300 g/mol. The second kappa shape index (κ2) is 7.82. The topological polar surface area (TPSA) is 32.3 Å². The van der Waals surface area contributed by atoms with E-state index in [4.69, 9.17) is 0 Å². The molecule has 116 valence electrons. The number of nitrogens with zero attached hydrogens (tertiary/aromatic N) is 1. The van der Waals surface area contributed by atoms with Crippen molar-refractivity contribution in [2.24, 2.45) is 0 Å². The van der Waals surface area contributed by atoms with E-state index in [1.807, 2.05) is 49.3 Å². The van der Waals surface area contributed by atoms with Crippen LogP contribution in [0.2, 0.25) is 0 Å². The summed E-state index contributed by atoms with van der Waals surface area (Å²) in [7, 11) is 3.93. The van der Waals surface area contributed by atoms with Crippen LogP contribution in [0.1, 0.15) is 22.0 Å². The van der Waals surface area contributed by atoms with Crippen LogP contribution >= 0.6 is 0 Å². The highest BCUT2D eigenvalue weighted by Crippen LogP contribution is 2.17. The molecular weight excluding hydrogens is 279 g/mol. The Morgan fingerprint density at radius 3 is 2.32 bits per heavy atom. The average Bonchev–Trinajstić information content (AvgIpc) is 2.53. The molecule has 1 N–H and O–H groups in total. The normalized spacial score (nSPS) is 12.4. The molecule has 1 unspecified atom stereocenters. The molecule has 0 fully saturated rings. The number of nitrogens with one attached hydrogen (secondary N) is 1. The Bertz CT molecular complexity index is 596. The first-order valence-electron chi connectivity index (χ1n) is 7.29. The van der Waals surface area contributed by atoms with Crippen molar-refractivity contribution in [1.29, 1.82) is 0 Å². The highest BCUT2D eigenvalue weighted by molar-refractivity contribution is 5.97. The molecule has 0 saturated heterocycles. The third-order valence-corrected chi connectivity index (χ3v) is 3.60. The zero-order valence-electron chi connectivity index (χ0n) is 12.9. The summed E-state index contributed by atoms with van der Waals surface area (Å²) in [5.41, 5.74) is 1.73. The summed E-state index contributed by atoms with van der Waals surface area (Å²) in [5, 5.41) is 3.19. The van der Waals surface area contributed by atoms with Gasteiger partial charge in [0.1, 0.15) is 5.82 Å². The Balaban J connectivity index is 1.92. The molecule has 4 heteroatoms. The van der Waals surface area contributed by atoms with Gasteiger partial charge in [-0.1, -0.05) is 42.5 Å². The van der Waals surface area contributed by atoms with Crippen LogP contribution in [0.15, 0.2) is 54.6 Å². The second-order valence-electron chi connectivity index (χ2n) is 5.45. The van der Waals surface area contributed by atoms with Crippen LogP contribution in [0.4, 0.5) is 4.39 Å². The molecule has 0 radical (unpaired) electrons. The maximum absolute atomic E-state index is 13.0. The molecular formula is C18H21FN2O. The van der Waals surface area contributed by atoms with Gasteiger partial charge in [-0.25, -0.2) is 4.39 Å². The molecule has 2 rings (SSSR count). The van der Waals surface area contributed by atoms with Crippen molar-refractivity contribution < 1.29 is 9.18 Å². The van der Waals surface area contributed by atoms with Gasteiger partial charge in [0, 0.05) is 18.2 Å². The Hall–Kier alpha value is -2.04. The summed E-state index contributed by atoms with van der Waals surface area (Å²) in [5.74, 6) is -0.175. The minimum atomic E-state index is -0.242. The molecule has 0 aliphatic heterocycles. The number of hydrogen-bond donors (Lipinski definition) is 1. The largest absolute Gasteiger partial charge is 0.308 e. The van der Waals surface area contributed by atoms with Crippen molar-refractivity contribution in [3.63, 3.8) is 0 Å². The molecule has 2 aromatic carbocycles. The summed E-state index contributed by atoms with van der Waals surface area (Å²) in [6.45, 7) is 0.909. The first-order chi connectivity index (χ1) is 10.6. The van der Waals surface area contributed by atoms with Crippen LogP contribution in [0.5, 0.6) is 0 Å². The van der Waals surface area contributed by atoms with E-state index in [2.05, 4.69) is 5.32 Å². The standard InChI is InChI=1S/C18H21FN2O/c1-21(2)17(14-8-10-16(19)11-9-14)12-20-13-18(22)15-6-4-3-5-7-15/h3-11,17,20H,12-13H2,1-2H3. The van der Waals surface area contributed by atoms with E-state index < -0.39 is 0 Å². The van der Waals surface area contributed by atoms with Crippen molar-refractivity contribution in [2.45, 2.75) is 6.04 Å². The third kappa shape index (κ3) is 4.48. The SMILES string of the molecule is CN(C)C(CNCC(=O)c1ccccc1)c1ccc(F)cc1. The third-order valence-electron chi connectivity index (χ3n) is 3.60. The Morgan fingerprint density at radius 1 is 1.09 bits per heavy atom. The van der Waals surface area contributed by atoms with Gasteiger partial charge in [0.05, 0.1) is 6.54 Å². The quantitative estimate of drug-likeness (QED) is 0.798. The van der Waals surface area contributed by atoms with Gasteiger partial charge in [0.2, 0.25) is 0 Å². The number of carbonyl (C=O) groups excluding carboxylic acids is 1. The number of rotatable bonds is 7. The molecule has 0 saturated carbocycles. The van der Waals surface area contributed by atoms with Gasteiger partial charge in [-0.2, -0.15) is 0 Å². The first kappa shape index (κ1) is 16.3. The number of benzene rings is 2. The van der Waals surface area contributed by atoms with Crippen molar-refractivity contribution in [1.82, 2.24) is 10.2 Å². The smallest absolute Gasteiger partial charge is 0.176 e. The molecule has 0 aliphatic rings. The molecule has 3 nitrogen and oxygen atoms in total. The highest BCUT2D eigenvalue weighted by atomic mass is 19.1. The van der Waals surface area contributed by atoms with E-state index in [-0.39, 0.29) is 24.2 Å². The van der Waals surface area contributed by atoms with Crippen LogP contribution in [0, 0.1) is 5.82 Å². The second-order valence-corrected chi connectivity index (χ2v) is 5.45. The highest BCUT2D eigenvalue weighted by Gasteiger charge is 2.14. The van der Waals surface area contributed by atoms with Crippen molar-refractivity contribution in [3.8, 4) is 0 Å². The van der Waals surface area contributed by atoms with E-state index in [1.54, 1.807) is 12.1 Å². The molecule has 0 aliphatic carbocycles. The number of ketones is 1. The maximum Gasteiger partial charge on any atom is 0.176 e. The molecule has 0 spiro atoms. The molecule has 22 heavy (non-hydrogen) atoms. The van der Waals surface area contributed by atoms with Gasteiger partial charge >= 0.3 is 0 Å². The summed E-state index contributed by atoms with van der Waals surface area (Å²) >= 11 is 0. The van der Waals surface area contributed by atoms with Gasteiger partial charge in [-0.15, -0.1) is 0 Å². The lowest BCUT2D eigenvalue weighted by molar-refractivity contribution is 0.0988. The summed E-state index contributed by atoms with van der Waals surface area (Å²) in [4.78, 5) is 14.1. The molecule has 2 aromatic rings. The maximum atomic E-state index is 13.0.